The van der Waals surface area contributed by atoms with E-state index in [0.29, 0.717) is 0 Å². The highest BCUT2D eigenvalue weighted by Crippen LogP contribution is 2.04. The molecular weight excluding hydrogens is 268 g/mol. The van der Waals surface area contributed by atoms with Crippen LogP contribution in [0.5, 0.6) is 0 Å². The second kappa shape index (κ2) is 9.37. The van der Waals surface area contributed by atoms with Crippen LogP contribution in [0.4, 0.5) is 0 Å². The molecule has 0 aromatic heterocycles. The van der Waals surface area contributed by atoms with E-state index in [0.717, 1.165) is 19.8 Å². The van der Waals surface area contributed by atoms with Gasteiger partial charge in [0.2, 0.25) is 0 Å². The van der Waals surface area contributed by atoms with Crippen molar-refractivity contribution >= 4 is 10.4 Å². The average molecular weight is 288 g/mol. The topological polar surface area (TPSA) is 70.1 Å². The van der Waals surface area contributed by atoms with Crippen LogP contribution in [0.2, 0.25) is 0 Å². The van der Waals surface area contributed by atoms with Gasteiger partial charge < -0.3 is 9.80 Å². The molecule has 0 saturated carbocycles. The lowest BCUT2D eigenvalue weighted by atomic mass is 10.5. The largest absolute Gasteiger partial charge is 0.397 e. The Bertz CT molecular complexity index is 399. The van der Waals surface area contributed by atoms with Crippen LogP contribution in [-0.2, 0) is 14.6 Å². The minimum atomic E-state index is -4.26. The molecule has 1 N–H and O–H groups in total. The Morgan fingerprint density at radius 3 is 1.84 bits per heavy atom. The molecule has 1 aliphatic rings. The molecule has 6 nitrogen and oxygen atoms in total. The van der Waals surface area contributed by atoms with Crippen LogP contribution in [0.25, 0.3) is 0 Å². The molecule has 0 fully saturated rings. The molecule has 0 aliphatic carbocycles. The first kappa shape index (κ1) is 17.4. The molecule has 1 aliphatic heterocycles. The van der Waals surface area contributed by atoms with Crippen LogP contribution in [0, 0.1) is 0 Å². The van der Waals surface area contributed by atoms with E-state index in [9.17, 15) is 8.42 Å². The SMILES string of the molecule is C=CCN1C=CN(CC=C)C1.C=CCOS(=O)(=O)O. The maximum atomic E-state index is 9.68. The van der Waals surface area contributed by atoms with Gasteiger partial charge in [0.05, 0.1) is 13.3 Å². The van der Waals surface area contributed by atoms with Crippen molar-refractivity contribution in [1.82, 2.24) is 9.80 Å². The second-order valence-corrected chi connectivity index (χ2v) is 4.65. The minimum Gasteiger partial charge on any atom is -0.355 e. The Hall–Kier alpha value is -1.57. The summed E-state index contributed by atoms with van der Waals surface area (Å²) in [6, 6.07) is 0. The van der Waals surface area contributed by atoms with Gasteiger partial charge in [-0.3, -0.25) is 4.55 Å². The van der Waals surface area contributed by atoms with Crippen molar-refractivity contribution in [3.8, 4) is 0 Å². The predicted molar refractivity (Wildman–Crippen MR) is 75.5 cm³/mol. The molecule has 0 atom stereocenters. The standard InChI is InChI=1S/C9H14N2.C3H6O4S/c1-3-5-10-7-8-11(9-10)6-4-2;1-2-3-7-8(4,5)6/h3-4,7-8H,1-2,5-6,9H2;2H,1,3H2,(H,4,5,6). The molecule has 0 spiro atoms. The third kappa shape index (κ3) is 10.1. The van der Waals surface area contributed by atoms with Crippen molar-refractivity contribution in [2.24, 2.45) is 0 Å². The quantitative estimate of drug-likeness (QED) is 0.564. The van der Waals surface area contributed by atoms with Crippen LogP contribution < -0.4 is 0 Å². The third-order valence-electron chi connectivity index (χ3n) is 1.91. The van der Waals surface area contributed by atoms with Gasteiger partial charge in [0.1, 0.15) is 0 Å². The first-order valence-corrected chi connectivity index (χ1v) is 6.90. The lowest BCUT2D eigenvalue weighted by molar-refractivity contribution is 0.296. The summed E-state index contributed by atoms with van der Waals surface area (Å²) in [4.78, 5) is 4.38. The normalized spacial score (nSPS) is 13.7. The van der Waals surface area contributed by atoms with Crippen molar-refractivity contribution < 1.29 is 17.2 Å². The van der Waals surface area contributed by atoms with Crippen LogP contribution in [0.3, 0.4) is 0 Å². The van der Waals surface area contributed by atoms with Crippen molar-refractivity contribution in [2.75, 3.05) is 26.4 Å². The minimum absolute atomic E-state index is 0.196. The lowest BCUT2D eigenvalue weighted by Gasteiger charge is -2.18. The molecule has 108 valence electrons. The van der Waals surface area contributed by atoms with Crippen molar-refractivity contribution in [2.45, 2.75) is 0 Å². The monoisotopic (exact) mass is 288 g/mol. The van der Waals surface area contributed by atoms with Gasteiger partial charge in [-0.15, -0.1) is 19.7 Å². The Labute approximate surface area is 114 Å². The van der Waals surface area contributed by atoms with E-state index in [2.05, 4.69) is 46.1 Å². The second-order valence-electron chi connectivity index (χ2n) is 3.56. The molecule has 0 amide bonds. The zero-order valence-electron chi connectivity index (χ0n) is 10.8. The number of rotatable bonds is 7. The van der Waals surface area contributed by atoms with E-state index in [1.807, 2.05) is 12.2 Å². The Morgan fingerprint density at radius 1 is 1.11 bits per heavy atom. The maximum absolute atomic E-state index is 9.68. The zero-order valence-corrected chi connectivity index (χ0v) is 11.6. The first-order valence-electron chi connectivity index (χ1n) is 5.54. The van der Waals surface area contributed by atoms with E-state index >= 15 is 0 Å². The zero-order chi connectivity index (χ0) is 14.7. The van der Waals surface area contributed by atoms with Gasteiger partial charge in [0.25, 0.3) is 0 Å². The fourth-order valence-electron chi connectivity index (χ4n) is 1.22. The summed E-state index contributed by atoms with van der Waals surface area (Å²) in [5.41, 5.74) is 0. The summed E-state index contributed by atoms with van der Waals surface area (Å²) in [5.74, 6) is 0. The lowest BCUT2D eigenvalue weighted by Crippen LogP contribution is -2.25. The maximum Gasteiger partial charge on any atom is 0.397 e. The van der Waals surface area contributed by atoms with Crippen LogP contribution in [0.1, 0.15) is 0 Å². The number of hydrogen-bond acceptors (Lipinski definition) is 5. The summed E-state index contributed by atoms with van der Waals surface area (Å²) in [6.45, 7) is 13.1. The number of hydrogen-bond donors (Lipinski definition) is 1. The van der Waals surface area contributed by atoms with E-state index in [-0.39, 0.29) is 6.61 Å². The first-order chi connectivity index (χ1) is 8.92. The van der Waals surface area contributed by atoms with Crippen molar-refractivity contribution in [3.05, 3.63) is 50.4 Å². The molecule has 0 saturated heterocycles. The summed E-state index contributed by atoms with van der Waals surface area (Å²) in [6.07, 6.45) is 9.17. The van der Waals surface area contributed by atoms with Crippen LogP contribution in [0.15, 0.2) is 50.4 Å². The third-order valence-corrected chi connectivity index (χ3v) is 2.35. The van der Waals surface area contributed by atoms with Crippen LogP contribution >= 0.6 is 0 Å². The van der Waals surface area contributed by atoms with Crippen LogP contribution in [-0.4, -0.2) is 49.1 Å². The fraction of sp³-hybridized carbons (Fsp3) is 0.333. The molecule has 19 heavy (non-hydrogen) atoms. The molecule has 0 unspecified atom stereocenters. The number of nitrogens with zero attached hydrogens (tertiary/aromatic N) is 2. The Morgan fingerprint density at radius 2 is 1.58 bits per heavy atom. The molecule has 1 heterocycles. The van der Waals surface area contributed by atoms with E-state index in [1.165, 1.54) is 6.08 Å². The smallest absolute Gasteiger partial charge is 0.355 e. The van der Waals surface area contributed by atoms with Gasteiger partial charge in [0.15, 0.2) is 0 Å². The highest BCUT2D eigenvalue weighted by molar-refractivity contribution is 7.80. The summed E-state index contributed by atoms with van der Waals surface area (Å²) >= 11 is 0. The molecule has 0 aromatic rings. The van der Waals surface area contributed by atoms with E-state index in [4.69, 9.17) is 4.55 Å². The van der Waals surface area contributed by atoms with Crippen molar-refractivity contribution in [1.29, 1.82) is 0 Å². The highest BCUT2D eigenvalue weighted by Gasteiger charge is 2.07. The van der Waals surface area contributed by atoms with E-state index in [1.54, 1.807) is 0 Å². The van der Waals surface area contributed by atoms with Gasteiger partial charge in [-0.2, -0.15) is 8.42 Å². The highest BCUT2D eigenvalue weighted by atomic mass is 32.3. The van der Waals surface area contributed by atoms with Gasteiger partial charge in [-0.1, -0.05) is 18.2 Å². The Balaban J connectivity index is 0.000000362. The van der Waals surface area contributed by atoms with Gasteiger partial charge in [-0.25, -0.2) is 4.18 Å². The van der Waals surface area contributed by atoms with Gasteiger partial charge in [0, 0.05) is 25.5 Å². The molecule has 0 bridgehead atoms. The molecule has 7 heteroatoms. The predicted octanol–water partition coefficient (Wildman–Crippen LogP) is 1.40. The Kier molecular flexibility index (Phi) is 8.60. The van der Waals surface area contributed by atoms with Gasteiger partial charge in [-0.05, 0) is 0 Å². The van der Waals surface area contributed by atoms with E-state index < -0.39 is 10.4 Å². The van der Waals surface area contributed by atoms with Gasteiger partial charge >= 0.3 is 10.4 Å². The average Bonchev–Trinajstić information content (AvgIpc) is 2.75. The molecular formula is C12H20N2O4S. The summed E-state index contributed by atoms with van der Waals surface area (Å²) < 4.78 is 31.0. The molecule has 0 radical (unpaired) electrons. The van der Waals surface area contributed by atoms with Crippen molar-refractivity contribution in [3.63, 3.8) is 0 Å². The summed E-state index contributed by atoms with van der Waals surface area (Å²) in [7, 11) is -4.26. The molecule has 1 rings (SSSR count). The summed E-state index contributed by atoms with van der Waals surface area (Å²) in [5, 5.41) is 0. The fourth-order valence-corrected chi connectivity index (χ4v) is 1.49. The molecule has 0 aromatic carbocycles.